The molecule has 2 amide bonds. The van der Waals surface area contributed by atoms with Crippen LogP contribution in [-0.2, 0) is 4.74 Å². The van der Waals surface area contributed by atoms with Gasteiger partial charge in [0.15, 0.2) is 5.78 Å². The summed E-state index contributed by atoms with van der Waals surface area (Å²) in [5.41, 5.74) is 1.23. The minimum absolute atomic E-state index is 0.0158. The van der Waals surface area contributed by atoms with Crippen LogP contribution in [0.4, 0.5) is 10.5 Å². The van der Waals surface area contributed by atoms with Gasteiger partial charge in [0.25, 0.3) is 0 Å². The molecule has 1 aliphatic heterocycles. The lowest BCUT2D eigenvalue weighted by molar-refractivity contribution is 0.0718. The van der Waals surface area contributed by atoms with E-state index in [-0.39, 0.29) is 17.9 Å². The van der Waals surface area contributed by atoms with E-state index in [1.165, 1.54) is 6.92 Å². The molecule has 1 atom stereocenters. The smallest absolute Gasteiger partial charge is 0.321 e. The Hall–Kier alpha value is -1.88. The zero-order chi connectivity index (χ0) is 14.5. The third-order valence-electron chi connectivity index (χ3n) is 3.26. The Morgan fingerprint density at radius 2 is 2.20 bits per heavy atom. The van der Waals surface area contributed by atoms with Crippen LogP contribution in [0.15, 0.2) is 24.3 Å². The van der Waals surface area contributed by atoms with Crippen LogP contribution < -0.4 is 5.32 Å². The van der Waals surface area contributed by atoms with Gasteiger partial charge in [-0.3, -0.25) is 4.79 Å². The first-order valence-electron chi connectivity index (χ1n) is 6.85. The first-order chi connectivity index (χ1) is 9.56. The molecule has 1 aromatic carbocycles. The van der Waals surface area contributed by atoms with Crippen molar-refractivity contribution in [3.05, 3.63) is 29.8 Å². The van der Waals surface area contributed by atoms with Crippen molar-refractivity contribution < 1.29 is 14.3 Å². The van der Waals surface area contributed by atoms with Crippen LogP contribution >= 0.6 is 0 Å². The van der Waals surface area contributed by atoms with Gasteiger partial charge in [-0.1, -0.05) is 12.1 Å². The van der Waals surface area contributed by atoms with Crippen LogP contribution in [-0.4, -0.2) is 42.5 Å². The molecule has 5 heteroatoms. The normalized spacial score (nSPS) is 19.3. The monoisotopic (exact) mass is 276 g/mol. The van der Waals surface area contributed by atoms with E-state index in [2.05, 4.69) is 5.32 Å². The summed E-state index contributed by atoms with van der Waals surface area (Å²) in [5, 5.41) is 2.83. The minimum Gasteiger partial charge on any atom is -0.377 e. The fourth-order valence-corrected chi connectivity index (χ4v) is 2.20. The SMILES string of the molecule is CC(=O)c1cccc(NC(=O)N2CCCOC(C)C2)c1. The quantitative estimate of drug-likeness (QED) is 0.844. The van der Waals surface area contributed by atoms with Crippen LogP contribution in [0.5, 0.6) is 0 Å². The van der Waals surface area contributed by atoms with Crippen LogP contribution in [0.2, 0.25) is 0 Å². The molecule has 0 radical (unpaired) electrons. The van der Waals surface area contributed by atoms with Gasteiger partial charge in [-0.25, -0.2) is 4.79 Å². The number of nitrogens with one attached hydrogen (secondary N) is 1. The van der Waals surface area contributed by atoms with Crippen molar-refractivity contribution >= 4 is 17.5 Å². The third-order valence-corrected chi connectivity index (χ3v) is 3.26. The molecule has 1 saturated heterocycles. The summed E-state index contributed by atoms with van der Waals surface area (Å²) in [4.78, 5) is 25.3. The van der Waals surface area contributed by atoms with Crippen LogP contribution in [0.25, 0.3) is 0 Å². The Kier molecular flexibility index (Phi) is 4.74. The zero-order valence-corrected chi connectivity index (χ0v) is 11.9. The molecule has 1 heterocycles. The molecule has 0 aromatic heterocycles. The number of ether oxygens (including phenoxy) is 1. The number of amides is 2. The second-order valence-electron chi connectivity index (χ2n) is 5.05. The number of hydrogen-bond acceptors (Lipinski definition) is 3. The second-order valence-corrected chi connectivity index (χ2v) is 5.05. The lowest BCUT2D eigenvalue weighted by Gasteiger charge is -2.22. The summed E-state index contributed by atoms with van der Waals surface area (Å²) in [7, 11) is 0. The van der Waals surface area contributed by atoms with E-state index in [1.807, 2.05) is 6.92 Å². The highest BCUT2D eigenvalue weighted by atomic mass is 16.5. The van der Waals surface area contributed by atoms with E-state index >= 15 is 0 Å². The summed E-state index contributed by atoms with van der Waals surface area (Å²) >= 11 is 0. The van der Waals surface area contributed by atoms with Gasteiger partial charge in [-0.2, -0.15) is 0 Å². The van der Waals surface area contributed by atoms with Gasteiger partial charge in [-0.15, -0.1) is 0 Å². The maximum Gasteiger partial charge on any atom is 0.321 e. The summed E-state index contributed by atoms with van der Waals surface area (Å²) < 4.78 is 5.52. The number of ketones is 1. The van der Waals surface area contributed by atoms with Crippen LogP contribution in [0, 0.1) is 0 Å². The molecule has 1 N–H and O–H groups in total. The number of anilines is 1. The molecule has 1 fully saturated rings. The predicted octanol–water partition coefficient (Wildman–Crippen LogP) is 2.53. The highest BCUT2D eigenvalue weighted by molar-refractivity contribution is 5.96. The Labute approximate surface area is 118 Å². The molecular weight excluding hydrogens is 256 g/mol. The summed E-state index contributed by atoms with van der Waals surface area (Å²) in [6.07, 6.45) is 0.887. The Balaban J connectivity index is 2.03. The zero-order valence-electron chi connectivity index (χ0n) is 11.9. The number of Topliss-reactive ketones (excluding diaryl/α,β-unsaturated/α-hetero) is 1. The van der Waals surface area contributed by atoms with Gasteiger partial charge in [0, 0.05) is 30.9 Å². The Morgan fingerprint density at radius 1 is 1.40 bits per heavy atom. The first kappa shape index (κ1) is 14.5. The summed E-state index contributed by atoms with van der Waals surface area (Å²) in [5.74, 6) is -0.0158. The number of benzene rings is 1. The molecule has 5 nitrogen and oxygen atoms in total. The minimum atomic E-state index is -0.150. The van der Waals surface area contributed by atoms with E-state index in [1.54, 1.807) is 29.2 Å². The van der Waals surface area contributed by atoms with E-state index in [0.717, 1.165) is 6.42 Å². The van der Waals surface area contributed by atoms with Gasteiger partial charge in [0.2, 0.25) is 0 Å². The highest BCUT2D eigenvalue weighted by Gasteiger charge is 2.19. The number of nitrogens with zero attached hydrogens (tertiary/aromatic N) is 1. The van der Waals surface area contributed by atoms with E-state index in [9.17, 15) is 9.59 Å². The molecular formula is C15H20N2O3. The van der Waals surface area contributed by atoms with Crippen molar-refractivity contribution in [3.63, 3.8) is 0 Å². The molecule has 0 aliphatic carbocycles. The molecule has 20 heavy (non-hydrogen) atoms. The molecule has 1 aromatic rings. The van der Waals surface area contributed by atoms with Gasteiger partial charge in [0.1, 0.15) is 0 Å². The lowest BCUT2D eigenvalue weighted by Crippen LogP contribution is -2.38. The molecule has 0 bridgehead atoms. The molecule has 1 unspecified atom stereocenters. The van der Waals surface area contributed by atoms with Crippen molar-refractivity contribution in [2.24, 2.45) is 0 Å². The van der Waals surface area contributed by atoms with Crippen molar-refractivity contribution in [2.45, 2.75) is 26.4 Å². The summed E-state index contributed by atoms with van der Waals surface area (Å²) in [6, 6.07) is 6.82. The predicted molar refractivity (Wildman–Crippen MR) is 77.1 cm³/mol. The van der Waals surface area contributed by atoms with Crippen LogP contribution in [0.1, 0.15) is 30.6 Å². The Bertz CT molecular complexity index is 502. The number of rotatable bonds is 2. The fraction of sp³-hybridized carbons (Fsp3) is 0.467. The van der Waals surface area contributed by atoms with E-state index in [0.29, 0.717) is 30.9 Å². The van der Waals surface area contributed by atoms with E-state index in [4.69, 9.17) is 4.74 Å². The standard InChI is InChI=1S/C15H20N2O3/c1-11-10-17(7-4-8-20-11)15(19)16-14-6-3-5-13(9-14)12(2)18/h3,5-6,9,11H,4,7-8,10H2,1-2H3,(H,16,19). The van der Waals surface area contributed by atoms with Crippen molar-refractivity contribution in [2.75, 3.05) is 25.0 Å². The number of carbonyl (C=O) groups excluding carboxylic acids is 2. The first-order valence-corrected chi connectivity index (χ1v) is 6.85. The molecule has 2 rings (SSSR count). The van der Waals surface area contributed by atoms with Crippen molar-refractivity contribution in [1.82, 2.24) is 4.90 Å². The maximum atomic E-state index is 12.2. The average molecular weight is 276 g/mol. The molecule has 0 saturated carbocycles. The van der Waals surface area contributed by atoms with Crippen molar-refractivity contribution in [1.29, 1.82) is 0 Å². The maximum absolute atomic E-state index is 12.2. The Morgan fingerprint density at radius 3 is 2.95 bits per heavy atom. The van der Waals surface area contributed by atoms with Gasteiger partial charge in [-0.05, 0) is 32.4 Å². The van der Waals surface area contributed by atoms with Gasteiger partial charge in [0.05, 0.1) is 6.10 Å². The third kappa shape index (κ3) is 3.81. The average Bonchev–Trinajstić information content (AvgIpc) is 2.63. The largest absolute Gasteiger partial charge is 0.377 e. The molecule has 108 valence electrons. The number of carbonyl (C=O) groups is 2. The van der Waals surface area contributed by atoms with E-state index < -0.39 is 0 Å². The number of urea groups is 1. The number of hydrogen-bond donors (Lipinski definition) is 1. The fourth-order valence-electron chi connectivity index (χ4n) is 2.20. The lowest BCUT2D eigenvalue weighted by atomic mass is 10.1. The highest BCUT2D eigenvalue weighted by Crippen LogP contribution is 2.13. The van der Waals surface area contributed by atoms with Gasteiger partial charge < -0.3 is 15.0 Å². The topological polar surface area (TPSA) is 58.6 Å². The van der Waals surface area contributed by atoms with Crippen molar-refractivity contribution in [3.8, 4) is 0 Å². The summed E-state index contributed by atoms with van der Waals surface area (Å²) in [6.45, 7) is 5.42. The van der Waals surface area contributed by atoms with Crippen LogP contribution in [0.3, 0.4) is 0 Å². The second kappa shape index (κ2) is 6.52. The van der Waals surface area contributed by atoms with Gasteiger partial charge >= 0.3 is 6.03 Å². The molecule has 0 spiro atoms. The molecule has 1 aliphatic rings.